The van der Waals surface area contributed by atoms with Crippen LogP contribution in [0.15, 0.2) is 78.9 Å². The Morgan fingerprint density at radius 2 is 1.36 bits per heavy atom. The van der Waals surface area contributed by atoms with Gasteiger partial charge in [-0.05, 0) is 47.4 Å². The van der Waals surface area contributed by atoms with E-state index in [1.807, 2.05) is 78.9 Å². The van der Waals surface area contributed by atoms with Crippen molar-refractivity contribution >= 4 is 0 Å². The number of aliphatic hydroxyl groups is 1. The van der Waals surface area contributed by atoms with Gasteiger partial charge in [0.15, 0.2) is 0 Å². The molecule has 3 atom stereocenters. The van der Waals surface area contributed by atoms with Gasteiger partial charge in [-0.2, -0.15) is 0 Å². The smallest absolute Gasteiger partial charge is 0.143 e. The summed E-state index contributed by atoms with van der Waals surface area (Å²) in [6.07, 6.45) is -0.671. The molecule has 0 aliphatic carbocycles. The van der Waals surface area contributed by atoms with Gasteiger partial charge in [-0.15, -0.1) is 0 Å². The quantitative estimate of drug-likeness (QED) is 0.513. The van der Waals surface area contributed by atoms with Crippen LogP contribution in [0.2, 0.25) is 0 Å². The number of ether oxygens (including phenoxy) is 4. The van der Waals surface area contributed by atoms with Crippen LogP contribution in [0, 0.1) is 0 Å². The molecule has 0 radical (unpaired) electrons. The minimum atomic E-state index is -0.942. The lowest BCUT2D eigenvalue weighted by molar-refractivity contribution is -0.133. The van der Waals surface area contributed by atoms with Crippen LogP contribution in [0.1, 0.15) is 23.1 Å². The van der Waals surface area contributed by atoms with Crippen LogP contribution in [-0.4, -0.2) is 50.8 Å². The Balaban J connectivity index is 1.81. The molecule has 3 N–H and O–H groups in total. The van der Waals surface area contributed by atoms with Crippen LogP contribution in [0.4, 0.5) is 0 Å². The highest BCUT2D eigenvalue weighted by atomic mass is 16.6. The van der Waals surface area contributed by atoms with Gasteiger partial charge >= 0.3 is 0 Å². The lowest BCUT2D eigenvalue weighted by Crippen LogP contribution is -2.48. The summed E-state index contributed by atoms with van der Waals surface area (Å²) in [5.74, 6) is 1.52. The molecule has 1 aliphatic heterocycles. The van der Waals surface area contributed by atoms with Crippen LogP contribution in [0.5, 0.6) is 11.5 Å². The third-order valence-electron chi connectivity index (χ3n) is 6.14. The number of hydrogen-bond acceptors (Lipinski definition) is 6. The Hall–Kier alpha value is -2.90. The predicted molar refractivity (Wildman–Crippen MR) is 127 cm³/mol. The Morgan fingerprint density at radius 3 is 1.85 bits per heavy atom. The minimum absolute atomic E-state index is 0.168. The normalized spacial score (nSPS) is 20.9. The summed E-state index contributed by atoms with van der Waals surface area (Å²) in [5.41, 5.74) is 7.83. The fourth-order valence-corrected chi connectivity index (χ4v) is 4.33. The van der Waals surface area contributed by atoms with Crippen molar-refractivity contribution in [3.8, 4) is 11.5 Å². The monoisotopic (exact) mass is 449 g/mol. The van der Waals surface area contributed by atoms with Crippen LogP contribution in [0.25, 0.3) is 0 Å². The topological polar surface area (TPSA) is 83.2 Å². The summed E-state index contributed by atoms with van der Waals surface area (Å²) >= 11 is 0. The van der Waals surface area contributed by atoms with Crippen molar-refractivity contribution in [2.75, 3.05) is 27.4 Å². The summed E-state index contributed by atoms with van der Waals surface area (Å²) in [5, 5.41) is 10.6. The average Bonchev–Trinajstić information content (AvgIpc) is 2.87. The SMILES string of the molecule is COc1ccc(C(OC[C@H]2OC[C@H](N)C[C@H]2O)(c2ccccc2)c2ccc(OC)cc2)cc1. The molecule has 0 unspecified atom stereocenters. The molecule has 174 valence electrons. The van der Waals surface area contributed by atoms with Gasteiger partial charge < -0.3 is 29.8 Å². The van der Waals surface area contributed by atoms with Crippen molar-refractivity contribution in [3.05, 3.63) is 95.6 Å². The highest BCUT2D eigenvalue weighted by Gasteiger charge is 2.40. The number of hydrogen-bond donors (Lipinski definition) is 2. The average molecular weight is 450 g/mol. The molecule has 0 aromatic heterocycles. The van der Waals surface area contributed by atoms with Crippen molar-refractivity contribution in [3.63, 3.8) is 0 Å². The van der Waals surface area contributed by atoms with Crippen molar-refractivity contribution in [1.82, 2.24) is 0 Å². The van der Waals surface area contributed by atoms with E-state index in [1.165, 1.54) is 0 Å². The van der Waals surface area contributed by atoms with E-state index in [2.05, 4.69) is 0 Å². The van der Waals surface area contributed by atoms with E-state index in [0.717, 1.165) is 28.2 Å². The van der Waals surface area contributed by atoms with Crippen LogP contribution in [0.3, 0.4) is 0 Å². The Kier molecular flexibility index (Phi) is 7.30. The first-order valence-corrected chi connectivity index (χ1v) is 11.1. The molecule has 3 aromatic rings. The summed E-state index contributed by atoms with van der Waals surface area (Å²) in [6, 6.07) is 25.6. The molecule has 0 spiro atoms. The third kappa shape index (κ3) is 4.89. The summed E-state index contributed by atoms with van der Waals surface area (Å²) < 4.78 is 23.4. The van der Waals surface area contributed by atoms with E-state index < -0.39 is 17.8 Å². The fraction of sp³-hybridized carbons (Fsp3) is 0.333. The van der Waals surface area contributed by atoms with Crippen LogP contribution >= 0.6 is 0 Å². The second kappa shape index (κ2) is 10.4. The highest BCUT2D eigenvalue weighted by Crippen LogP contribution is 2.42. The molecule has 3 aromatic carbocycles. The molecule has 0 saturated carbocycles. The number of methoxy groups -OCH3 is 2. The number of nitrogens with two attached hydrogens (primary N) is 1. The molecular formula is C27H31NO5. The van der Waals surface area contributed by atoms with Crippen molar-refractivity contribution in [1.29, 1.82) is 0 Å². The van der Waals surface area contributed by atoms with E-state index in [9.17, 15) is 5.11 Å². The van der Waals surface area contributed by atoms with E-state index in [1.54, 1.807) is 14.2 Å². The molecular weight excluding hydrogens is 418 g/mol. The molecule has 6 heteroatoms. The van der Waals surface area contributed by atoms with E-state index >= 15 is 0 Å². The van der Waals surface area contributed by atoms with Crippen LogP contribution < -0.4 is 15.2 Å². The first-order valence-electron chi connectivity index (χ1n) is 11.1. The number of rotatable bonds is 8. The maximum absolute atomic E-state index is 10.6. The van der Waals surface area contributed by atoms with Gasteiger partial charge in [-0.1, -0.05) is 54.6 Å². The standard InChI is InChI=1S/C27H31NO5/c1-30-23-12-8-20(9-13-23)27(19-6-4-3-5-7-19,21-10-14-24(31-2)15-11-21)33-18-26-25(29)16-22(28)17-32-26/h3-15,22,25-26,29H,16-18,28H2,1-2H3/t22-,25-,26-/m1/s1. The van der Waals surface area contributed by atoms with Gasteiger partial charge in [-0.25, -0.2) is 0 Å². The van der Waals surface area contributed by atoms with E-state index in [4.69, 9.17) is 24.7 Å². The lowest BCUT2D eigenvalue weighted by Gasteiger charge is -2.39. The van der Waals surface area contributed by atoms with Gasteiger partial charge in [-0.3, -0.25) is 0 Å². The third-order valence-corrected chi connectivity index (χ3v) is 6.14. The summed E-state index contributed by atoms with van der Waals surface area (Å²) in [6.45, 7) is 0.593. The molecule has 33 heavy (non-hydrogen) atoms. The van der Waals surface area contributed by atoms with Crippen LogP contribution in [-0.2, 0) is 15.1 Å². The van der Waals surface area contributed by atoms with Gasteiger partial charge in [0, 0.05) is 6.04 Å². The molecule has 0 bridgehead atoms. The Morgan fingerprint density at radius 1 is 0.848 bits per heavy atom. The van der Waals surface area contributed by atoms with Crippen molar-refractivity contribution < 1.29 is 24.1 Å². The van der Waals surface area contributed by atoms with Gasteiger partial charge in [0.05, 0.1) is 33.5 Å². The predicted octanol–water partition coefficient (Wildman–Crippen LogP) is 3.49. The van der Waals surface area contributed by atoms with E-state index in [0.29, 0.717) is 13.0 Å². The maximum atomic E-state index is 10.6. The Bertz CT molecular complexity index is 959. The minimum Gasteiger partial charge on any atom is -0.497 e. The van der Waals surface area contributed by atoms with Crippen molar-refractivity contribution in [2.24, 2.45) is 5.73 Å². The van der Waals surface area contributed by atoms with Crippen molar-refractivity contribution in [2.45, 2.75) is 30.3 Å². The van der Waals surface area contributed by atoms with E-state index in [-0.39, 0.29) is 12.6 Å². The number of aliphatic hydroxyl groups excluding tert-OH is 1. The Labute approximate surface area is 194 Å². The van der Waals surface area contributed by atoms with Gasteiger partial charge in [0.1, 0.15) is 23.2 Å². The molecule has 1 saturated heterocycles. The van der Waals surface area contributed by atoms with Gasteiger partial charge in [0.2, 0.25) is 0 Å². The largest absolute Gasteiger partial charge is 0.497 e. The molecule has 1 heterocycles. The highest BCUT2D eigenvalue weighted by molar-refractivity contribution is 5.49. The number of benzene rings is 3. The van der Waals surface area contributed by atoms with Gasteiger partial charge in [0.25, 0.3) is 0 Å². The molecule has 1 fully saturated rings. The second-order valence-electron chi connectivity index (χ2n) is 8.25. The first kappa shape index (κ1) is 23.3. The zero-order valence-electron chi connectivity index (χ0n) is 19.0. The zero-order chi connectivity index (χ0) is 23.3. The first-order chi connectivity index (χ1) is 16.1. The molecule has 4 rings (SSSR count). The molecule has 0 amide bonds. The maximum Gasteiger partial charge on any atom is 0.143 e. The fourth-order valence-electron chi connectivity index (χ4n) is 4.33. The lowest BCUT2D eigenvalue weighted by atomic mass is 9.80. The summed E-state index contributed by atoms with van der Waals surface area (Å²) in [4.78, 5) is 0. The summed E-state index contributed by atoms with van der Waals surface area (Å²) in [7, 11) is 3.29. The molecule has 6 nitrogen and oxygen atoms in total. The molecule has 1 aliphatic rings. The zero-order valence-corrected chi connectivity index (χ0v) is 19.0. The second-order valence-corrected chi connectivity index (χ2v) is 8.25.